The standard InChI is InChI=1S/C15H22N4O.HI/c1-11-3-2-8-19(10-11)15(17)18-9-12-4-6-13(7-5-12)14(16)20;/h4-7,11H,2-3,8-10H2,1H3,(H2,16,20)(H2,17,18);1H. The Morgan fingerprint density at radius 3 is 2.57 bits per heavy atom. The third-order valence-electron chi connectivity index (χ3n) is 3.64. The van der Waals surface area contributed by atoms with Crippen molar-refractivity contribution < 1.29 is 4.79 Å². The zero-order chi connectivity index (χ0) is 14.5. The van der Waals surface area contributed by atoms with Gasteiger partial charge in [-0.1, -0.05) is 19.1 Å². The topological polar surface area (TPSA) is 84.7 Å². The molecule has 1 fully saturated rings. The van der Waals surface area contributed by atoms with Crippen molar-refractivity contribution in [1.29, 1.82) is 0 Å². The number of piperidine rings is 1. The van der Waals surface area contributed by atoms with Gasteiger partial charge >= 0.3 is 0 Å². The highest BCUT2D eigenvalue weighted by Crippen LogP contribution is 2.15. The van der Waals surface area contributed by atoms with Crippen molar-refractivity contribution in [2.75, 3.05) is 13.1 Å². The molecule has 0 aliphatic carbocycles. The van der Waals surface area contributed by atoms with Crippen molar-refractivity contribution in [2.24, 2.45) is 22.4 Å². The van der Waals surface area contributed by atoms with Crippen LogP contribution in [0.2, 0.25) is 0 Å². The van der Waals surface area contributed by atoms with Gasteiger partial charge < -0.3 is 16.4 Å². The Hall–Kier alpha value is -1.31. The smallest absolute Gasteiger partial charge is 0.248 e. The Bertz CT molecular complexity index is 501. The molecule has 0 spiro atoms. The molecule has 1 heterocycles. The van der Waals surface area contributed by atoms with E-state index >= 15 is 0 Å². The molecule has 1 aliphatic heterocycles. The van der Waals surface area contributed by atoms with Crippen molar-refractivity contribution in [3.8, 4) is 0 Å². The molecule has 1 aliphatic rings. The third-order valence-corrected chi connectivity index (χ3v) is 3.64. The lowest BCUT2D eigenvalue weighted by molar-refractivity contribution is 0.100. The number of rotatable bonds is 3. The molecule has 0 aromatic heterocycles. The minimum absolute atomic E-state index is 0. The Labute approximate surface area is 142 Å². The first-order valence-corrected chi connectivity index (χ1v) is 7.00. The van der Waals surface area contributed by atoms with E-state index in [1.54, 1.807) is 12.1 Å². The molecule has 1 aromatic rings. The monoisotopic (exact) mass is 402 g/mol. The summed E-state index contributed by atoms with van der Waals surface area (Å²) in [5.41, 5.74) is 12.8. The lowest BCUT2D eigenvalue weighted by atomic mass is 10.0. The highest BCUT2D eigenvalue weighted by Gasteiger charge is 2.17. The molecule has 0 saturated carbocycles. The van der Waals surface area contributed by atoms with Crippen LogP contribution < -0.4 is 11.5 Å². The maximum Gasteiger partial charge on any atom is 0.248 e. The normalized spacial score (nSPS) is 19.0. The number of benzene rings is 1. The van der Waals surface area contributed by atoms with Crippen LogP contribution in [0, 0.1) is 5.92 Å². The van der Waals surface area contributed by atoms with E-state index in [-0.39, 0.29) is 24.0 Å². The van der Waals surface area contributed by atoms with Gasteiger partial charge in [-0.25, -0.2) is 4.99 Å². The second kappa shape index (κ2) is 8.21. The first-order valence-electron chi connectivity index (χ1n) is 7.00. The highest BCUT2D eigenvalue weighted by atomic mass is 127. The summed E-state index contributed by atoms with van der Waals surface area (Å²) in [7, 11) is 0. The fraction of sp³-hybridized carbons (Fsp3) is 0.467. The van der Waals surface area contributed by atoms with E-state index in [0.29, 0.717) is 24.0 Å². The van der Waals surface area contributed by atoms with Crippen LogP contribution in [-0.2, 0) is 6.54 Å². The maximum atomic E-state index is 11.0. The molecule has 116 valence electrons. The Kier molecular flexibility index (Phi) is 6.94. The van der Waals surface area contributed by atoms with Gasteiger partial charge in [0.15, 0.2) is 5.96 Å². The number of carbonyl (C=O) groups is 1. The quantitative estimate of drug-likeness (QED) is 0.461. The Balaban J connectivity index is 0.00000220. The summed E-state index contributed by atoms with van der Waals surface area (Å²) in [5, 5.41) is 0. The molecular weight excluding hydrogens is 379 g/mol. The molecule has 2 rings (SSSR count). The number of primary amides is 1. The molecule has 0 bridgehead atoms. The van der Waals surface area contributed by atoms with Crippen molar-refractivity contribution in [3.63, 3.8) is 0 Å². The number of aliphatic imine (C=N–C) groups is 1. The summed E-state index contributed by atoms with van der Waals surface area (Å²) in [4.78, 5) is 17.6. The molecule has 1 amide bonds. The summed E-state index contributed by atoms with van der Waals surface area (Å²) in [6, 6.07) is 7.14. The molecule has 1 unspecified atom stereocenters. The average molecular weight is 402 g/mol. The van der Waals surface area contributed by atoms with Crippen molar-refractivity contribution in [2.45, 2.75) is 26.3 Å². The summed E-state index contributed by atoms with van der Waals surface area (Å²) in [5.74, 6) is 0.866. The maximum absolute atomic E-state index is 11.0. The number of amides is 1. The fourth-order valence-corrected chi connectivity index (χ4v) is 2.44. The van der Waals surface area contributed by atoms with Gasteiger partial charge in [0.1, 0.15) is 0 Å². The molecule has 1 atom stereocenters. The average Bonchev–Trinajstić information content (AvgIpc) is 2.45. The lowest BCUT2D eigenvalue weighted by Gasteiger charge is -2.31. The second-order valence-corrected chi connectivity index (χ2v) is 5.43. The van der Waals surface area contributed by atoms with Crippen molar-refractivity contribution >= 4 is 35.8 Å². The van der Waals surface area contributed by atoms with Gasteiger partial charge in [0, 0.05) is 18.7 Å². The third kappa shape index (κ3) is 5.18. The summed E-state index contributed by atoms with van der Waals surface area (Å²) in [6.07, 6.45) is 2.43. The van der Waals surface area contributed by atoms with Crippen LogP contribution >= 0.6 is 24.0 Å². The first kappa shape index (κ1) is 17.7. The molecule has 6 heteroatoms. The second-order valence-electron chi connectivity index (χ2n) is 5.43. The van der Waals surface area contributed by atoms with E-state index < -0.39 is 5.91 Å². The molecule has 5 nitrogen and oxygen atoms in total. The number of nitrogens with zero attached hydrogens (tertiary/aromatic N) is 2. The first-order chi connectivity index (χ1) is 9.56. The summed E-state index contributed by atoms with van der Waals surface area (Å²) in [6.45, 7) is 4.73. The molecule has 1 aromatic carbocycles. The minimum Gasteiger partial charge on any atom is -0.370 e. The van der Waals surface area contributed by atoms with Crippen LogP contribution in [0.5, 0.6) is 0 Å². The molecule has 4 N–H and O–H groups in total. The van der Waals surface area contributed by atoms with Gasteiger partial charge in [0.25, 0.3) is 0 Å². The number of halogens is 1. The number of guanidine groups is 1. The Morgan fingerprint density at radius 1 is 1.33 bits per heavy atom. The largest absolute Gasteiger partial charge is 0.370 e. The van der Waals surface area contributed by atoms with Gasteiger partial charge in [0.05, 0.1) is 6.54 Å². The molecule has 1 saturated heterocycles. The van der Waals surface area contributed by atoms with E-state index in [0.717, 1.165) is 18.7 Å². The Morgan fingerprint density at radius 2 is 2.00 bits per heavy atom. The zero-order valence-electron chi connectivity index (χ0n) is 12.3. The van der Waals surface area contributed by atoms with Gasteiger partial charge in [-0.15, -0.1) is 24.0 Å². The van der Waals surface area contributed by atoms with Gasteiger partial charge in [0.2, 0.25) is 5.91 Å². The molecular formula is C15H23IN4O. The van der Waals surface area contributed by atoms with Crippen LogP contribution in [0.3, 0.4) is 0 Å². The number of carbonyl (C=O) groups excluding carboxylic acids is 1. The van der Waals surface area contributed by atoms with Crippen LogP contribution in [0.15, 0.2) is 29.3 Å². The van der Waals surface area contributed by atoms with E-state index in [1.807, 2.05) is 12.1 Å². The van der Waals surface area contributed by atoms with Gasteiger partial charge in [-0.3, -0.25) is 4.79 Å². The van der Waals surface area contributed by atoms with Crippen LogP contribution in [-0.4, -0.2) is 29.9 Å². The summed E-state index contributed by atoms with van der Waals surface area (Å²) >= 11 is 0. The zero-order valence-corrected chi connectivity index (χ0v) is 14.6. The van der Waals surface area contributed by atoms with E-state index in [1.165, 1.54) is 12.8 Å². The summed E-state index contributed by atoms with van der Waals surface area (Å²) < 4.78 is 0. The van der Waals surface area contributed by atoms with E-state index in [2.05, 4.69) is 16.8 Å². The number of hydrogen-bond acceptors (Lipinski definition) is 2. The number of likely N-dealkylation sites (tertiary alicyclic amines) is 1. The SMILES string of the molecule is CC1CCCN(C(N)=NCc2ccc(C(N)=O)cc2)C1.I. The molecule has 0 radical (unpaired) electrons. The van der Waals surface area contributed by atoms with Crippen molar-refractivity contribution in [1.82, 2.24) is 4.90 Å². The van der Waals surface area contributed by atoms with Crippen LogP contribution in [0.1, 0.15) is 35.7 Å². The lowest BCUT2D eigenvalue weighted by Crippen LogP contribution is -2.43. The minimum atomic E-state index is -0.415. The van der Waals surface area contributed by atoms with E-state index in [4.69, 9.17) is 11.5 Å². The van der Waals surface area contributed by atoms with Crippen LogP contribution in [0.4, 0.5) is 0 Å². The highest BCUT2D eigenvalue weighted by molar-refractivity contribution is 14.0. The predicted octanol–water partition coefficient (Wildman–Crippen LogP) is 1.95. The van der Waals surface area contributed by atoms with Crippen LogP contribution in [0.25, 0.3) is 0 Å². The number of hydrogen-bond donors (Lipinski definition) is 2. The van der Waals surface area contributed by atoms with Gasteiger partial charge in [-0.2, -0.15) is 0 Å². The van der Waals surface area contributed by atoms with Gasteiger partial charge in [-0.05, 0) is 36.5 Å². The fourth-order valence-electron chi connectivity index (χ4n) is 2.44. The van der Waals surface area contributed by atoms with E-state index in [9.17, 15) is 4.79 Å². The molecule has 21 heavy (non-hydrogen) atoms. The predicted molar refractivity (Wildman–Crippen MR) is 95.7 cm³/mol. The van der Waals surface area contributed by atoms with Crippen molar-refractivity contribution in [3.05, 3.63) is 35.4 Å². The number of nitrogens with two attached hydrogens (primary N) is 2.